The molecule has 1 amide bonds. The highest BCUT2D eigenvalue weighted by atomic mass is 32.2. The summed E-state index contributed by atoms with van der Waals surface area (Å²) < 4.78 is 82.0. The van der Waals surface area contributed by atoms with Gasteiger partial charge in [-0.2, -0.15) is 18.4 Å². The van der Waals surface area contributed by atoms with E-state index >= 15 is 0 Å². The number of fused-ring (bicyclic) bond motifs is 1. The lowest BCUT2D eigenvalue weighted by Crippen LogP contribution is -2.41. The summed E-state index contributed by atoms with van der Waals surface area (Å²) in [4.78, 5) is 37.6. The van der Waals surface area contributed by atoms with Gasteiger partial charge in [-0.1, -0.05) is 18.9 Å². The van der Waals surface area contributed by atoms with E-state index in [2.05, 4.69) is 9.97 Å². The van der Waals surface area contributed by atoms with E-state index in [-0.39, 0.29) is 29.0 Å². The zero-order valence-electron chi connectivity index (χ0n) is 24.7. The van der Waals surface area contributed by atoms with Gasteiger partial charge in [0.25, 0.3) is 5.56 Å². The van der Waals surface area contributed by atoms with E-state index in [1.54, 1.807) is 6.07 Å². The Bertz CT molecular complexity index is 1980. The monoisotopic (exact) mass is 655 g/mol. The Morgan fingerprint density at radius 1 is 1.13 bits per heavy atom. The minimum atomic E-state index is -5.00. The maximum Gasteiger partial charge on any atom is 0.419 e. The maximum atomic E-state index is 14.0. The predicted molar refractivity (Wildman–Crippen MR) is 161 cm³/mol. The van der Waals surface area contributed by atoms with Crippen LogP contribution in [-0.4, -0.2) is 51.3 Å². The zero-order valence-corrected chi connectivity index (χ0v) is 25.5. The number of sulfone groups is 1. The second-order valence-corrected chi connectivity index (χ2v) is 13.6. The lowest BCUT2D eigenvalue weighted by molar-refractivity contribution is -0.140. The quantitative estimate of drug-likeness (QED) is 0.224. The molecule has 5 rings (SSSR count). The molecule has 14 heteroatoms. The van der Waals surface area contributed by atoms with Crippen LogP contribution >= 0.6 is 0 Å². The van der Waals surface area contributed by atoms with Crippen LogP contribution in [0.2, 0.25) is 0 Å². The molecule has 9 nitrogen and oxygen atoms in total. The van der Waals surface area contributed by atoms with Gasteiger partial charge >= 0.3 is 6.18 Å². The third kappa shape index (κ3) is 6.79. The third-order valence-electron chi connectivity index (χ3n) is 8.20. The molecule has 1 atom stereocenters. The van der Waals surface area contributed by atoms with Gasteiger partial charge in [0.15, 0.2) is 15.5 Å². The number of nitriles is 1. The van der Waals surface area contributed by atoms with Gasteiger partial charge in [-0.05, 0) is 73.9 Å². The fourth-order valence-electron chi connectivity index (χ4n) is 5.74. The number of carbonyl (C=O) groups is 1. The van der Waals surface area contributed by atoms with Gasteiger partial charge in [0.2, 0.25) is 5.91 Å². The van der Waals surface area contributed by atoms with E-state index in [0.29, 0.717) is 36.2 Å². The molecule has 0 aliphatic heterocycles. The SMILES string of the molecule is C[C@H](c1nc2ncccc2c(=O)n1-c1ccc(C#N)cc1)N(CCS(=O)(=O)C1CCCC1)C(=O)Cc1ccc(F)c(C(F)(F)F)c1. The van der Waals surface area contributed by atoms with Crippen molar-refractivity contribution in [1.29, 1.82) is 5.26 Å². The van der Waals surface area contributed by atoms with Crippen molar-refractivity contribution in [2.75, 3.05) is 12.3 Å². The van der Waals surface area contributed by atoms with Crippen molar-refractivity contribution in [3.63, 3.8) is 0 Å². The summed E-state index contributed by atoms with van der Waals surface area (Å²) in [5, 5.41) is 8.86. The lowest BCUT2D eigenvalue weighted by atomic mass is 10.1. The Balaban J connectivity index is 1.60. The Kier molecular flexibility index (Phi) is 9.25. The second kappa shape index (κ2) is 13.0. The highest BCUT2D eigenvalue weighted by Crippen LogP contribution is 2.33. The molecule has 2 aromatic carbocycles. The fraction of sp³-hybridized carbons (Fsp3) is 0.344. The molecule has 0 radical (unpaired) electrons. The van der Waals surface area contributed by atoms with Gasteiger partial charge in [-0.3, -0.25) is 14.2 Å². The van der Waals surface area contributed by atoms with E-state index in [1.165, 1.54) is 52.9 Å². The van der Waals surface area contributed by atoms with Crippen LogP contribution in [0.4, 0.5) is 17.6 Å². The number of hydrogen-bond acceptors (Lipinski definition) is 7. The lowest BCUT2D eigenvalue weighted by Gasteiger charge is -2.31. The molecule has 240 valence electrons. The van der Waals surface area contributed by atoms with Crippen molar-refractivity contribution in [3.8, 4) is 11.8 Å². The van der Waals surface area contributed by atoms with Crippen molar-refractivity contribution in [2.24, 2.45) is 0 Å². The van der Waals surface area contributed by atoms with E-state index in [4.69, 9.17) is 0 Å². The largest absolute Gasteiger partial charge is 0.419 e. The number of hydrogen-bond donors (Lipinski definition) is 0. The summed E-state index contributed by atoms with van der Waals surface area (Å²) in [6.07, 6.45) is -1.65. The summed E-state index contributed by atoms with van der Waals surface area (Å²) >= 11 is 0. The molecule has 0 unspecified atom stereocenters. The molecule has 0 saturated heterocycles. The summed E-state index contributed by atoms with van der Waals surface area (Å²) in [7, 11) is -3.65. The maximum absolute atomic E-state index is 14.0. The zero-order chi connectivity index (χ0) is 33.2. The van der Waals surface area contributed by atoms with Gasteiger partial charge in [-0.15, -0.1) is 0 Å². The van der Waals surface area contributed by atoms with Gasteiger partial charge < -0.3 is 4.90 Å². The molecular formula is C32H29F4N5O4S. The minimum absolute atomic E-state index is 0.0163. The molecule has 1 saturated carbocycles. The highest BCUT2D eigenvalue weighted by molar-refractivity contribution is 7.92. The minimum Gasteiger partial charge on any atom is -0.331 e. The number of alkyl halides is 3. The summed E-state index contributed by atoms with van der Waals surface area (Å²) in [6, 6.07) is 12.3. The van der Waals surface area contributed by atoms with Gasteiger partial charge in [0.05, 0.1) is 51.7 Å². The van der Waals surface area contributed by atoms with Crippen molar-refractivity contribution >= 4 is 26.8 Å². The molecule has 2 heterocycles. The standard InChI is InChI=1S/C32H29F4N5O4S/c1-20(30-39-29-25(7-4-14-38-29)31(43)41(30)23-11-8-21(19-37)9-12-23)40(15-16-46(44,45)24-5-2-3-6-24)28(42)18-22-10-13-27(33)26(17-22)32(34,35)36/h4,7-14,17,20,24H,2-3,5-6,15-16,18H2,1H3/t20-/m1/s1. The molecule has 0 bridgehead atoms. The first-order valence-electron chi connectivity index (χ1n) is 14.5. The average molecular weight is 656 g/mol. The number of rotatable bonds is 9. The Hall–Kier alpha value is -4.64. The number of amides is 1. The molecule has 46 heavy (non-hydrogen) atoms. The smallest absolute Gasteiger partial charge is 0.331 e. The third-order valence-corrected chi connectivity index (χ3v) is 10.4. The molecule has 1 aliphatic carbocycles. The molecular weight excluding hydrogens is 626 g/mol. The van der Waals surface area contributed by atoms with Crippen LogP contribution in [-0.2, 0) is 27.2 Å². The topological polar surface area (TPSA) is 126 Å². The number of aromatic nitrogens is 3. The van der Waals surface area contributed by atoms with Crippen LogP contribution in [0.5, 0.6) is 0 Å². The Morgan fingerprint density at radius 3 is 2.48 bits per heavy atom. The molecule has 0 spiro atoms. The molecule has 1 aliphatic rings. The normalized spacial score (nSPS) is 14.7. The highest BCUT2D eigenvalue weighted by Gasteiger charge is 2.35. The van der Waals surface area contributed by atoms with E-state index in [9.17, 15) is 40.8 Å². The van der Waals surface area contributed by atoms with Gasteiger partial charge in [-0.25, -0.2) is 22.8 Å². The first-order chi connectivity index (χ1) is 21.8. The number of nitrogens with zero attached hydrogens (tertiary/aromatic N) is 5. The van der Waals surface area contributed by atoms with Crippen molar-refractivity contribution in [2.45, 2.75) is 56.5 Å². The van der Waals surface area contributed by atoms with Gasteiger partial charge in [0.1, 0.15) is 11.6 Å². The first kappa shape index (κ1) is 32.7. The van der Waals surface area contributed by atoms with E-state index in [0.717, 1.165) is 18.9 Å². The average Bonchev–Trinajstić information content (AvgIpc) is 3.58. The first-order valence-corrected chi connectivity index (χ1v) is 16.3. The van der Waals surface area contributed by atoms with Crippen LogP contribution in [0.25, 0.3) is 16.7 Å². The molecule has 0 N–H and O–H groups in total. The molecule has 2 aromatic heterocycles. The van der Waals surface area contributed by atoms with Crippen LogP contribution in [0, 0.1) is 17.1 Å². The summed E-state index contributed by atoms with van der Waals surface area (Å²) in [5.41, 5.74) is -1.50. The predicted octanol–water partition coefficient (Wildman–Crippen LogP) is 5.30. The van der Waals surface area contributed by atoms with Gasteiger partial charge in [0, 0.05) is 12.7 Å². The number of halogens is 4. The van der Waals surface area contributed by atoms with E-state index in [1.807, 2.05) is 6.07 Å². The Labute approximate surface area is 262 Å². The second-order valence-electron chi connectivity index (χ2n) is 11.2. The van der Waals surface area contributed by atoms with Crippen LogP contribution in [0.15, 0.2) is 65.6 Å². The summed E-state index contributed by atoms with van der Waals surface area (Å²) in [5.74, 6) is -2.65. The number of carbonyl (C=O) groups excluding carboxylic acids is 1. The number of benzene rings is 2. The molecule has 4 aromatic rings. The summed E-state index contributed by atoms with van der Waals surface area (Å²) in [6.45, 7) is 1.19. The number of pyridine rings is 1. The van der Waals surface area contributed by atoms with E-state index < -0.39 is 62.3 Å². The van der Waals surface area contributed by atoms with Crippen LogP contribution < -0.4 is 5.56 Å². The fourth-order valence-corrected chi connectivity index (χ4v) is 7.58. The molecule has 1 fully saturated rings. The van der Waals surface area contributed by atoms with Crippen molar-refractivity contribution in [3.05, 3.63) is 99.5 Å². The van der Waals surface area contributed by atoms with Crippen LogP contribution in [0.3, 0.4) is 0 Å². The van der Waals surface area contributed by atoms with Crippen LogP contribution in [0.1, 0.15) is 61.2 Å². The van der Waals surface area contributed by atoms with Crippen molar-refractivity contribution in [1.82, 2.24) is 19.4 Å². The van der Waals surface area contributed by atoms with Crippen molar-refractivity contribution < 1.29 is 30.8 Å². The Morgan fingerprint density at radius 2 is 1.83 bits per heavy atom.